The van der Waals surface area contributed by atoms with E-state index >= 15 is 0 Å². The van der Waals surface area contributed by atoms with Gasteiger partial charge in [0.25, 0.3) is 0 Å². The molecule has 0 radical (unpaired) electrons. The van der Waals surface area contributed by atoms with E-state index in [0.717, 1.165) is 108 Å². The van der Waals surface area contributed by atoms with Crippen molar-refractivity contribution in [2.45, 2.75) is 426 Å². The first kappa shape index (κ1) is 95.1. The van der Waals surface area contributed by atoms with E-state index in [9.17, 15) is 43.2 Å². The molecule has 3 unspecified atom stereocenters. The molecule has 0 bridgehead atoms. The van der Waals surface area contributed by atoms with Crippen molar-refractivity contribution in [1.82, 2.24) is 0 Å². The number of ether oxygens (including phenoxy) is 4. The van der Waals surface area contributed by atoms with Gasteiger partial charge in [-0.1, -0.05) is 356 Å². The molecule has 0 heterocycles. The van der Waals surface area contributed by atoms with Crippen molar-refractivity contribution in [1.29, 1.82) is 0 Å². The van der Waals surface area contributed by atoms with E-state index in [-0.39, 0.29) is 25.7 Å². The Kier molecular flexibility index (Phi) is 68.4. The number of esters is 4. The van der Waals surface area contributed by atoms with E-state index in [4.69, 9.17) is 37.0 Å². The standard InChI is InChI=1S/C78H152O17P2/c1-7-10-12-14-16-18-20-22-24-25-26-27-29-31-33-38-42-50-56-62-77(82)94-73(66-88-75(80)60-54-48-41-37-32-30-28-23-21-19-17-15-13-11-8-2)68-92-96(84,85)90-64-72(79)65-91-97(86,87)93-69-74(67-89-76(81)61-55-49-45-44-47-53-59-71(6)9-3)95-78(83)63-57-51-43-39-35-34-36-40-46-52-58-70(4)5/h70-74,79H,7-69H2,1-6H3,(H,84,85)(H,86,87)/t71?,72-,73-,74-/m1/s1. The van der Waals surface area contributed by atoms with Crippen LogP contribution in [-0.4, -0.2) is 96.7 Å². The minimum absolute atomic E-state index is 0.105. The van der Waals surface area contributed by atoms with Crippen LogP contribution in [0.5, 0.6) is 0 Å². The normalized spacial score (nSPS) is 14.2. The molecule has 0 spiro atoms. The van der Waals surface area contributed by atoms with Crippen molar-refractivity contribution in [2.75, 3.05) is 39.6 Å². The van der Waals surface area contributed by atoms with Crippen molar-refractivity contribution in [2.24, 2.45) is 11.8 Å². The van der Waals surface area contributed by atoms with Gasteiger partial charge in [0, 0.05) is 25.7 Å². The fourth-order valence-corrected chi connectivity index (χ4v) is 13.6. The van der Waals surface area contributed by atoms with Crippen LogP contribution in [0.25, 0.3) is 0 Å². The second-order valence-corrected chi connectivity index (χ2v) is 31.7. The summed E-state index contributed by atoms with van der Waals surface area (Å²) in [4.78, 5) is 72.9. The quantitative estimate of drug-likeness (QED) is 0.0222. The highest BCUT2D eigenvalue weighted by Gasteiger charge is 2.30. The van der Waals surface area contributed by atoms with Crippen molar-refractivity contribution in [3.8, 4) is 0 Å². The smallest absolute Gasteiger partial charge is 0.462 e. The Bertz CT molecular complexity index is 1870. The van der Waals surface area contributed by atoms with E-state index < -0.39 is 97.5 Å². The lowest BCUT2D eigenvalue weighted by Crippen LogP contribution is -2.30. The van der Waals surface area contributed by atoms with Crippen molar-refractivity contribution < 1.29 is 80.2 Å². The predicted octanol–water partition coefficient (Wildman–Crippen LogP) is 23.1. The Labute approximate surface area is 594 Å². The average molecular weight is 1420 g/mol. The second-order valence-electron chi connectivity index (χ2n) is 28.8. The molecule has 0 aromatic heterocycles. The van der Waals surface area contributed by atoms with Gasteiger partial charge in [0.1, 0.15) is 19.3 Å². The van der Waals surface area contributed by atoms with Crippen LogP contribution in [0.2, 0.25) is 0 Å². The zero-order valence-corrected chi connectivity index (χ0v) is 65.2. The highest BCUT2D eigenvalue weighted by atomic mass is 31.2. The second kappa shape index (κ2) is 69.8. The van der Waals surface area contributed by atoms with Gasteiger partial charge in [-0.25, -0.2) is 9.13 Å². The number of aliphatic hydroxyl groups excluding tert-OH is 1. The minimum Gasteiger partial charge on any atom is -0.462 e. The lowest BCUT2D eigenvalue weighted by Gasteiger charge is -2.21. The first-order chi connectivity index (χ1) is 46.9. The van der Waals surface area contributed by atoms with Crippen molar-refractivity contribution in [3.05, 3.63) is 0 Å². The monoisotopic (exact) mass is 1420 g/mol. The van der Waals surface area contributed by atoms with E-state index in [0.29, 0.717) is 25.7 Å². The highest BCUT2D eigenvalue weighted by Crippen LogP contribution is 2.45. The van der Waals surface area contributed by atoms with Crippen LogP contribution in [0.4, 0.5) is 0 Å². The van der Waals surface area contributed by atoms with Gasteiger partial charge in [0.2, 0.25) is 0 Å². The molecule has 0 saturated carbocycles. The average Bonchev–Trinajstić information content (AvgIpc) is 1.44. The van der Waals surface area contributed by atoms with E-state index in [1.165, 1.54) is 218 Å². The van der Waals surface area contributed by atoms with Crippen LogP contribution in [-0.2, 0) is 65.4 Å². The zero-order chi connectivity index (χ0) is 71.4. The summed E-state index contributed by atoms with van der Waals surface area (Å²) in [5.41, 5.74) is 0. The highest BCUT2D eigenvalue weighted by molar-refractivity contribution is 7.47. The zero-order valence-electron chi connectivity index (χ0n) is 63.4. The SMILES string of the molecule is CCCCCCCCCCCCCCCCCCCCCC(=O)O[C@H](COC(=O)CCCCCCCCCCCCCCCCC)COP(=O)(O)OC[C@@H](O)COP(=O)(O)OC[C@@H](COC(=O)CCCCCCCCC(C)CC)OC(=O)CCCCCCCCCCCCC(C)C. The number of phosphoric ester groups is 2. The Hall–Kier alpha value is -1.94. The first-order valence-electron chi connectivity index (χ1n) is 40.5. The molecule has 576 valence electrons. The predicted molar refractivity (Wildman–Crippen MR) is 395 cm³/mol. The molecule has 17 nitrogen and oxygen atoms in total. The summed E-state index contributed by atoms with van der Waals surface area (Å²) in [5, 5.41) is 10.6. The summed E-state index contributed by atoms with van der Waals surface area (Å²) in [6, 6.07) is 0. The number of phosphoric acid groups is 2. The van der Waals surface area contributed by atoms with E-state index in [2.05, 4.69) is 41.5 Å². The third-order valence-electron chi connectivity index (χ3n) is 18.6. The summed E-state index contributed by atoms with van der Waals surface area (Å²) in [6.07, 6.45) is 58.3. The molecule has 0 saturated heterocycles. The van der Waals surface area contributed by atoms with Gasteiger partial charge in [-0.05, 0) is 37.5 Å². The topological polar surface area (TPSA) is 237 Å². The van der Waals surface area contributed by atoms with Gasteiger partial charge >= 0.3 is 39.5 Å². The molecule has 3 N–H and O–H groups in total. The Morgan fingerprint density at radius 3 is 0.784 bits per heavy atom. The fraction of sp³-hybridized carbons (Fsp3) is 0.949. The molecule has 0 aliphatic carbocycles. The van der Waals surface area contributed by atoms with Gasteiger partial charge in [-0.2, -0.15) is 0 Å². The molecule has 19 heteroatoms. The summed E-state index contributed by atoms with van der Waals surface area (Å²) < 4.78 is 68.6. The number of rotatable bonds is 77. The molecular formula is C78H152O17P2. The molecule has 0 rings (SSSR count). The van der Waals surface area contributed by atoms with Crippen LogP contribution in [0.1, 0.15) is 408 Å². The maximum Gasteiger partial charge on any atom is 0.472 e. The van der Waals surface area contributed by atoms with Crippen LogP contribution >= 0.6 is 15.6 Å². The number of carbonyl (C=O) groups excluding carboxylic acids is 4. The van der Waals surface area contributed by atoms with Crippen LogP contribution in [0, 0.1) is 11.8 Å². The molecule has 0 aromatic rings. The van der Waals surface area contributed by atoms with Gasteiger partial charge in [0.15, 0.2) is 12.2 Å². The molecule has 0 aliphatic rings. The molecule has 0 aromatic carbocycles. The molecule has 0 fully saturated rings. The van der Waals surface area contributed by atoms with Gasteiger partial charge in [-0.3, -0.25) is 37.3 Å². The van der Waals surface area contributed by atoms with E-state index in [1.807, 2.05) is 0 Å². The first-order valence-corrected chi connectivity index (χ1v) is 43.5. The summed E-state index contributed by atoms with van der Waals surface area (Å²) in [7, 11) is -9.91. The molecular weight excluding hydrogens is 1270 g/mol. The van der Waals surface area contributed by atoms with Gasteiger partial charge in [-0.15, -0.1) is 0 Å². The van der Waals surface area contributed by atoms with Gasteiger partial charge in [0.05, 0.1) is 26.4 Å². The van der Waals surface area contributed by atoms with Crippen molar-refractivity contribution in [3.63, 3.8) is 0 Å². The molecule has 0 aliphatic heterocycles. The number of aliphatic hydroxyl groups is 1. The maximum atomic E-state index is 13.1. The summed E-state index contributed by atoms with van der Waals surface area (Å²) in [5.74, 6) is -0.631. The molecule has 0 amide bonds. The van der Waals surface area contributed by atoms with Crippen molar-refractivity contribution >= 4 is 39.5 Å². The Morgan fingerprint density at radius 2 is 0.526 bits per heavy atom. The molecule has 97 heavy (non-hydrogen) atoms. The number of carbonyl (C=O) groups is 4. The largest absolute Gasteiger partial charge is 0.472 e. The van der Waals surface area contributed by atoms with Crippen LogP contribution in [0.15, 0.2) is 0 Å². The fourth-order valence-electron chi connectivity index (χ4n) is 12.0. The lowest BCUT2D eigenvalue weighted by molar-refractivity contribution is -0.161. The maximum absolute atomic E-state index is 13.1. The number of unbranched alkanes of at least 4 members (excludes halogenated alkanes) is 46. The van der Waals surface area contributed by atoms with Crippen LogP contribution < -0.4 is 0 Å². The Morgan fingerprint density at radius 1 is 0.299 bits per heavy atom. The van der Waals surface area contributed by atoms with E-state index in [1.54, 1.807) is 0 Å². The summed E-state index contributed by atoms with van der Waals surface area (Å²) in [6.45, 7) is 9.56. The summed E-state index contributed by atoms with van der Waals surface area (Å²) >= 11 is 0. The number of hydrogen-bond donors (Lipinski definition) is 3. The third kappa shape index (κ3) is 70.9. The third-order valence-corrected chi connectivity index (χ3v) is 20.5. The molecule has 6 atom stereocenters. The van der Waals surface area contributed by atoms with Gasteiger partial charge < -0.3 is 33.8 Å². The van der Waals surface area contributed by atoms with Crippen LogP contribution in [0.3, 0.4) is 0 Å². The Balaban J connectivity index is 5.24. The minimum atomic E-state index is -4.96. The lowest BCUT2D eigenvalue weighted by atomic mass is 10.00. The number of hydrogen-bond acceptors (Lipinski definition) is 15.